The predicted molar refractivity (Wildman–Crippen MR) is 76.5 cm³/mol. The largest absolute Gasteiger partial charge is 0.396 e. The molecule has 1 amide bonds. The zero-order valence-corrected chi connectivity index (χ0v) is 11.4. The van der Waals surface area contributed by atoms with Crippen LogP contribution in [0.2, 0.25) is 0 Å². The van der Waals surface area contributed by atoms with E-state index >= 15 is 0 Å². The average Bonchev–Trinajstić information content (AvgIpc) is 3.21. The molecule has 5 heteroatoms. The van der Waals surface area contributed by atoms with Crippen LogP contribution < -0.4 is 0 Å². The van der Waals surface area contributed by atoms with Crippen molar-refractivity contribution in [1.29, 1.82) is 0 Å². The van der Waals surface area contributed by atoms with Crippen LogP contribution in [-0.2, 0) is 0 Å². The quantitative estimate of drug-likeness (QED) is 0.790. The number of hydrogen-bond donors (Lipinski definition) is 2. The number of nitrogens with one attached hydrogen (secondary N) is 1. The summed E-state index contributed by atoms with van der Waals surface area (Å²) in [5.74, 6) is 0.00268. The van der Waals surface area contributed by atoms with Crippen molar-refractivity contribution in [2.45, 2.75) is 31.7 Å². The fraction of sp³-hybridized carbons (Fsp3) is 0.467. The maximum atomic E-state index is 12.7. The molecule has 20 heavy (non-hydrogen) atoms. The molecule has 3 rings (SSSR count). The summed E-state index contributed by atoms with van der Waals surface area (Å²) in [4.78, 5) is 14.6. The normalized spacial score (nSPS) is 14.7. The van der Waals surface area contributed by atoms with Crippen molar-refractivity contribution >= 4 is 16.8 Å². The van der Waals surface area contributed by atoms with Crippen LogP contribution in [0.25, 0.3) is 10.9 Å². The van der Waals surface area contributed by atoms with E-state index in [4.69, 9.17) is 5.11 Å². The van der Waals surface area contributed by atoms with E-state index in [0.29, 0.717) is 18.3 Å². The van der Waals surface area contributed by atoms with Crippen LogP contribution in [-0.4, -0.2) is 45.3 Å². The number of benzene rings is 1. The smallest absolute Gasteiger partial charge is 0.275 e. The van der Waals surface area contributed by atoms with Crippen LogP contribution in [0.3, 0.4) is 0 Å². The Morgan fingerprint density at radius 3 is 2.90 bits per heavy atom. The van der Waals surface area contributed by atoms with Crippen molar-refractivity contribution in [2.75, 3.05) is 13.2 Å². The number of aromatic nitrogens is 2. The Morgan fingerprint density at radius 2 is 2.15 bits per heavy atom. The number of aromatic amines is 1. The van der Waals surface area contributed by atoms with Crippen LogP contribution in [0.5, 0.6) is 0 Å². The number of carbonyl (C=O) groups is 1. The lowest BCUT2D eigenvalue weighted by Gasteiger charge is -2.21. The summed E-state index contributed by atoms with van der Waals surface area (Å²) in [7, 11) is 0. The maximum Gasteiger partial charge on any atom is 0.275 e. The molecule has 2 aromatic rings. The number of carbonyl (C=O) groups excluding carboxylic acids is 1. The van der Waals surface area contributed by atoms with Gasteiger partial charge < -0.3 is 10.0 Å². The first-order chi connectivity index (χ1) is 9.81. The summed E-state index contributed by atoms with van der Waals surface area (Å²) in [5.41, 5.74) is 1.40. The first kappa shape index (κ1) is 13.1. The van der Waals surface area contributed by atoms with Crippen LogP contribution in [0.1, 0.15) is 36.2 Å². The Labute approximate surface area is 117 Å². The summed E-state index contributed by atoms with van der Waals surface area (Å²) in [5, 5.41) is 16.9. The molecule has 1 aliphatic rings. The molecule has 0 spiro atoms. The maximum absolute atomic E-state index is 12.7. The van der Waals surface area contributed by atoms with E-state index in [9.17, 15) is 4.79 Å². The lowest BCUT2D eigenvalue weighted by Crippen LogP contribution is -2.34. The van der Waals surface area contributed by atoms with E-state index in [1.54, 1.807) is 0 Å². The van der Waals surface area contributed by atoms with Gasteiger partial charge in [0, 0.05) is 24.6 Å². The van der Waals surface area contributed by atoms with Gasteiger partial charge in [0.2, 0.25) is 0 Å². The zero-order valence-electron chi connectivity index (χ0n) is 11.4. The number of rotatable bonds is 6. The van der Waals surface area contributed by atoms with E-state index in [-0.39, 0.29) is 12.5 Å². The Kier molecular flexibility index (Phi) is 3.69. The van der Waals surface area contributed by atoms with Gasteiger partial charge in [-0.25, -0.2) is 0 Å². The zero-order chi connectivity index (χ0) is 13.9. The van der Waals surface area contributed by atoms with Gasteiger partial charge in [-0.05, 0) is 31.7 Å². The summed E-state index contributed by atoms with van der Waals surface area (Å²) in [6, 6.07) is 8.05. The third-order valence-corrected chi connectivity index (χ3v) is 3.73. The molecule has 0 unspecified atom stereocenters. The number of para-hydroxylation sites is 1. The lowest BCUT2D eigenvalue weighted by molar-refractivity contribution is 0.0733. The van der Waals surface area contributed by atoms with Gasteiger partial charge in [0.1, 0.15) is 0 Å². The molecule has 1 fully saturated rings. The van der Waals surface area contributed by atoms with Crippen LogP contribution >= 0.6 is 0 Å². The minimum absolute atomic E-state index is 0.00268. The minimum atomic E-state index is 0.00268. The van der Waals surface area contributed by atoms with E-state index in [0.717, 1.165) is 36.6 Å². The van der Waals surface area contributed by atoms with Gasteiger partial charge in [0.15, 0.2) is 5.69 Å². The first-order valence-electron chi connectivity index (χ1n) is 7.16. The first-order valence-corrected chi connectivity index (χ1v) is 7.16. The standard InChI is InChI=1S/C15H19N3O2/c19-10-4-3-9-18(11-7-8-11)15(20)14-12-5-1-2-6-13(12)16-17-14/h1-2,5-6,11,19H,3-4,7-10H2,(H,16,17). The van der Waals surface area contributed by atoms with Crippen LogP contribution in [0, 0.1) is 0 Å². The van der Waals surface area contributed by atoms with Gasteiger partial charge in [-0.3, -0.25) is 9.89 Å². The highest BCUT2D eigenvalue weighted by atomic mass is 16.3. The number of amides is 1. The third-order valence-electron chi connectivity index (χ3n) is 3.73. The summed E-state index contributed by atoms with van der Waals surface area (Å²) >= 11 is 0. The minimum Gasteiger partial charge on any atom is -0.396 e. The summed E-state index contributed by atoms with van der Waals surface area (Å²) in [6.45, 7) is 0.878. The monoisotopic (exact) mass is 273 g/mol. The Hall–Kier alpha value is -1.88. The van der Waals surface area contributed by atoms with E-state index < -0.39 is 0 Å². The molecule has 0 bridgehead atoms. The Bertz CT molecular complexity index is 604. The Morgan fingerprint density at radius 1 is 1.35 bits per heavy atom. The molecule has 1 aliphatic carbocycles. The van der Waals surface area contributed by atoms with Crippen molar-refractivity contribution < 1.29 is 9.90 Å². The number of H-pyrrole nitrogens is 1. The van der Waals surface area contributed by atoms with E-state index in [2.05, 4.69) is 10.2 Å². The van der Waals surface area contributed by atoms with Crippen molar-refractivity contribution in [1.82, 2.24) is 15.1 Å². The summed E-state index contributed by atoms with van der Waals surface area (Å²) in [6.07, 6.45) is 3.72. The average molecular weight is 273 g/mol. The fourth-order valence-electron chi connectivity index (χ4n) is 2.49. The highest BCUT2D eigenvalue weighted by Crippen LogP contribution is 2.29. The highest BCUT2D eigenvalue weighted by molar-refractivity contribution is 6.04. The van der Waals surface area contributed by atoms with Gasteiger partial charge in [-0.15, -0.1) is 0 Å². The molecule has 0 aliphatic heterocycles. The molecule has 0 radical (unpaired) electrons. The number of aliphatic hydroxyl groups is 1. The lowest BCUT2D eigenvalue weighted by atomic mass is 10.2. The van der Waals surface area contributed by atoms with Gasteiger partial charge in [0.25, 0.3) is 5.91 Å². The number of unbranched alkanes of at least 4 members (excludes halogenated alkanes) is 1. The molecule has 5 nitrogen and oxygen atoms in total. The molecule has 1 saturated carbocycles. The van der Waals surface area contributed by atoms with Gasteiger partial charge in [0.05, 0.1) is 5.52 Å². The number of nitrogens with zero attached hydrogens (tertiary/aromatic N) is 2. The Balaban J connectivity index is 1.81. The van der Waals surface area contributed by atoms with Crippen LogP contribution in [0.4, 0.5) is 0 Å². The fourth-order valence-corrected chi connectivity index (χ4v) is 2.49. The van der Waals surface area contributed by atoms with E-state index in [1.807, 2.05) is 29.2 Å². The molecule has 1 aromatic heterocycles. The topological polar surface area (TPSA) is 69.2 Å². The van der Waals surface area contributed by atoms with Crippen molar-refractivity contribution in [3.8, 4) is 0 Å². The molecule has 2 N–H and O–H groups in total. The highest BCUT2D eigenvalue weighted by Gasteiger charge is 2.34. The van der Waals surface area contributed by atoms with Crippen molar-refractivity contribution in [3.63, 3.8) is 0 Å². The molecule has 106 valence electrons. The predicted octanol–water partition coefficient (Wildman–Crippen LogP) is 1.94. The second kappa shape index (κ2) is 5.63. The molecule has 1 aromatic carbocycles. The number of aliphatic hydroxyl groups excluding tert-OH is 1. The third kappa shape index (κ3) is 2.54. The van der Waals surface area contributed by atoms with Gasteiger partial charge in [-0.1, -0.05) is 18.2 Å². The molecule has 1 heterocycles. The SMILES string of the molecule is O=C(c1n[nH]c2ccccc12)N(CCCCO)C1CC1. The summed E-state index contributed by atoms with van der Waals surface area (Å²) < 4.78 is 0. The van der Waals surface area contributed by atoms with E-state index in [1.165, 1.54) is 0 Å². The second-order valence-electron chi connectivity index (χ2n) is 5.28. The second-order valence-corrected chi connectivity index (χ2v) is 5.28. The molecular weight excluding hydrogens is 254 g/mol. The molecule has 0 saturated heterocycles. The van der Waals surface area contributed by atoms with Crippen molar-refractivity contribution in [3.05, 3.63) is 30.0 Å². The molecular formula is C15H19N3O2. The molecule has 0 atom stereocenters. The van der Waals surface area contributed by atoms with Crippen LogP contribution in [0.15, 0.2) is 24.3 Å². The van der Waals surface area contributed by atoms with Crippen molar-refractivity contribution in [2.24, 2.45) is 0 Å². The van der Waals surface area contributed by atoms with Gasteiger partial charge >= 0.3 is 0 Å². The van der Waals surface area contributed by atoms with Gasteiger partial charge in [-0.2, -0.15) is 5.10 Å². The number of fused-ring (bicyclic) bond motifs is 1. The number of hydrogen-bond acceptors (Lipinski definition) is 3.